The quantitative estimate of drug-likeness (QED) is 0.824. The van der Waals surface area contributed by atoms with E-state index in [1.807, 2.05) is 0 Å². The van der Waals surface area contributed by atoms with Crippen molar-refractivity contribution in [3.05, 3.63) is 41.2 Å². The molecule has 2 bridgehead atoms. The van der Waals surface area contributed by atoms with Gasteiger partial charge in [-0.1, -0.05) is 24.3 Å². The lowest BCUT2D eigenvalue weighted by Gasteiger charge is -2.70. The number of halogens is 3. The number of rotatable bonds is 3. The summed E-state index contributed by atoms with van der Waals surface area (Å²) in [7, 11) is 0. The Morgan fingerprint density at radius 3 is 2.68 bits per heavy atom. The first kappa shape index (κ1) is 12.3. The van der Waals surface area contributed by atoms with Crippen LogP contribution in [0.2, 0.25) is 0 Å². The summed E-state index contributed by atoms with van der Waals surface area (Å²) >= 11 is 0. The molecule has 0 atom stereocenters. The summed E-state index contributed by atoms with van der Waals surface area (Å²) in [6, 6.07) is 4.88. The number of urea groups is 1. The number of carbonyl (C=O) groups is 1. The molecule has 0 aromatic heterocycles. The second-order valence-corrected chi connectivity index (χ2v) is 5.96. The van der Waals surface area contributed by atoms with Crippen LogP contribution in [0.4, 0.5) is 23.7 Å². The molecule has 0 spiro atoms. The molecule has 7 heteroatoms. The van der Waals surface area contributed by atoms with Crippen LogP contribution in [-0.2, 0) is 6.50 Å². The van der Waals surface area contributed by atoms with Crippen LogP contribution < -0.4 is 10.6 Å². The topological polar surface area (TPSA) is 45.5 Å². The van der Waals surface area contributed by atoms with Gasteiger partial charge in [0.15, 0.2) is 5.69 Å². The summed E-state index contributed by atoms with van der Waals surface area (Å²) in [6.45, 7) is 4.68. The summed E-state index contributed by atoms with van der Waals surface area (Å²) in [4.78, 5) is 15.2. The Morgan fingerprint density at radius 1 is 1.41 bits per heavy atom. The molecule has 4 rings (SSSR count). The van der Waals surface area contributed by atoms with Crippen LogP contribution in [0, 0.1) is 12.0 Å². The number of alkyl halides is 3. The zero-order valence-electron chi connectivity index (χ0n) is 13.4. The van der Waals surface area contributed by atoms with Crippen molar-refractivity contribution < 1.29 is 20.7 Å². The highest BCUT2D eigenvalue weighted by molar-refractivity contribution is 5.75. The molecule has 0 aliphatic heterocycles. The molecule has 3 aliphatic carbocycles. The predicted octanol–water partition coefficient (Wildman–Crippen LogP) is 3.52. The number of hydrogen-bond donors (Lipinski definition) is 2. The lowest BCUT2D eigenvalue weighted by Crippen LogP contribution is -2.79. The van der Waals surface area contributed by atoms with Crippen molar-refractivity contribution in [1.82, 2.24) is 10.6 Å². The average Bonchev–Trinajstić information content (AvgIpc) is 2.39. The second kappa shape index (κ2) is 4.63. The van der Waals surface area contributed by atoms with E-state index in [1.54, 1.807) is 0 Å². The van der Waals surface area contributed by atoms with Gasteiger partial charge < -0.3 is 10.6 Å². The molecule has 0 heterocycles. The van der Waals surface area contributed by atoms with Gasteiger partial charge in [0, 0.05) is 12.0 Å². The molecule has 3 saturated carbocycles. The van der Waals surface area contributed by atoms with Crippen molar-refractivity contribution in [2.45, 2.75) is 37.5 Å². The summed E-state index contributed by atoms with van der Waals surface area (Å²) in [6.07, 6.45) is -4.74. The first-order valence-corrected chi connectivity index (χ1v) is 6.66. The van der Waals surface area contributed by atoms with E-state index in [9.17, 15) is 18.0 Å². The van der Waals surface area contributed by atoms with Gasteiger partial charge in [-0.05, 0) is 24.8 Å². The van der Waals surface area contributed by atoms with E-state index < -0.39 is 29.7 Å². The molecule has 4 nitrogen and oxygen atoms in total. The fraction of sp³-hybridized carbons (Fsp3) is 0.467. The van der Waals surface area contributed by atoms with E-state index in [1.165, 1.54) is 24.3 Å². The molecule has 0 unspecified atom stereocenters. The van der Waals surface area contributed by atoms with Crippen LogP contribution in [0.3, 0.4) is 0 Å². The highest BCUT2D eigenvalue weighted by atomic mass is 19.4. The minimum atomic E-state index is -4.26. The summed E-state index contributed by atoms with van der Waals surface area (Å²) in [5.41, 5.74) is -2.24. The molecule has 1 aromatic carbocycles. The third-order valence-electron chi connectivity index (χ3n) is 4.31. The van der Waals surface area contributed by atoms with Crippen LogP contribution in [0.5, 0.6) is 0 Å². The van der Waals surface area contributed by atoms with Gasteiger partial charge in [0.2, 0.25) is 0 Å². The summed E-state index contributed by atoms with van der Waals surface area (Å²) in [5, 5.41) is 4.58. The summed E-state index contributed by atoms with van der Waals surface area (Å²) in [5.74, 6) is 0. The van der Waals surface area contributed by atoms with Crippen molar-refractivity contribution in [3.8, 4) is 0 Å². The highest BCUT2D eigenvalue weighted by Gasteiger charge is 2.79. The van der Waals surface area contributed by atoms with Crippen molar-refractivity contribution in [1.29, 1.82) is 0 Å². The van der Waals surface area contributed by atoms with Crippen LogP contribution in [-0.4, -0.2) is 17.7 Å². The van der Waals surface area contributed by atoms with E-state index in [0.717, 1.165) is 0 Å². The SMILES string of the molecule is [2H]C([2H])(NC(=O)NC12CC(C(F)(F)F)(C1)C2)c1cccc([N+]#[C-])c1. The van der Waals surface area contributed by atoms with Gasteiger partial charge in [-0.15, -0.1) is 0 Å². The van der Waals surface area contributed by atoms with Gasteiger partial charge in [0.05, 0.1) is 14.7 Å². The van der Waals surface area contributed by atoms with E-state index >= 15 is 0 Å². The van der Waals surface area contributed by atoms with Crippen LogP contribution in [0.15, 0.2) is 24.3 Å². The minimum absolute atomic E-state index is 0.0931. The van der Waals surface area contributed by atoms with Gasteiger partial charge in [-0.25, -0.2) is 9.64 Å². The fourth-order valence-corrected chi connectivity index (χ4v) is 3.28. The number of nitrogens with zero attached hydrogens (tertiary/aromatic N) is 1. The van der Waals surface area contributed by atoms with Gasteiger partial charge in [0.25, 0.3) is 0 Å². The molecular weight excluding hydrogens is 295 g/mol. The minimum Gasteiger partial charge on any atom is -0.334 e. The van der Waals surface area contributed by atoms with Gasteiger partial charge in [-0.2, -0.15) is 13.2 Å². The Balaban J connectivity index is 1.61. The smallest absolute Gasteiger partial charge is 0.334 e. The third-order valence-corrected chi connectivity index (χ3v) is 4.31. The lowest BCUT2D eigenvalue weighted by atomic mass is 9.39. The lowest BCUT2D eigenvalue weighted by molar-refractivity contribution is -0.336. The Labute approximate surface area is 128 Å². The first-order valence-electron chi connectivity index (χ1n) is 7.66. The van der Waals surface area contributed by atoms with E-state index in [2.05, 4.69) is 15.5 Å². The molecular formula is C15H14F3N3O. The van der Waals surface area contributed by atoms with Crippen molar-refractivity contribution >= 4 is 11.7 Å². The van der Waals surface area contributed by atoms with E-state index in [4.69, 9.17) is 9.31 Å². The number of carbonyl (C=O) groups excluding carboxylic acids is 1. The molecule has 3 fully saturated rings. The van der Waals surface area contributed by atoms with Crippen molar-refractivity contribution in [2.75, 3.05) is 0 Å². The summed E-state index contributed by atoms with van der Waals surface area (Å²) < 4.78 is 54.2. The molecule has 1 aromatic rings. The van der Waals surface area contributed by atoms with Gasteiger partial charge in [-0.3, -0.25) is 0 Å². The van der Waals surface area contributed by atoms with Crippen LogP contribution in [0.25, 0.3) is 4.85 Å². The zero-order chi connectivity index (χ0) is 17.8. The number of amides is 2. The molecule has 116 valence electrons. The molecule has 2 amide bonds. The average molecular weight is 311 g/mol. The molecule has 3 aliphatic rings. The van der Waals surface area contributed by atoms with Crippen molar-refractivity contribution in [3.63, 3.8) is 0 Å². The van der Waals surface area contributed by atoms with Gasteiger partial charge >= 0.3 is 12.2 Å². The molecule has 2 N–H and O–H groups in total. The van der Waals surface area contributed by atoms with Gasteiger partial charge in [0.1, 0.15) is 0 Å². The molecule has 0 saturated heterocycles. The number of hydrogen-bond acceptors (Lipinski definition) is 1. The number of benzene rings is 1. The van der Waals surface area contributed by atoms with Crippen LogP contribution >= 0.6 is 0 Å². The largest absolute Gasteiger partial charge is 0.394 e. The molecule has 0 radical (unpaired) electrons. The molecule has 22 heavy (non-hydrogen) atoms. The monoisotopic (exact) mass is 311 g/mol. The highest BCUT2D eigenvalue weighted by Crippen LogP contribution is 2.73. The Morgan fingerprint density at radius 2 is 2.09 bits per heavy atom. The Kier molecular flexibility index (Phi) is 2.60. The number of nitrogens with one attached hydrogen (secondary N) is 2. The maximum absolute atomic E-state index is 12.8. The standard InChI is InChI=1S/C15H14F3N3O/c1-19-11-4-2-3-10(5-11)6-20-12(22)21-14-7-13(8-14,9-14)15(16,17)18/h2-5H,6-9H2,(H2,20,21,22)/i6D2. The Bertz CT molecular complexity index is 722. The predicted molar refractivity (Wildman–Crippen MR) is 73.1 cm³/mol. The third kappa shape index (κ3) is 2.28. The fourth-order valence-electron chi connectivity index (χ4n) is 3.28. The Hall–Kier alpha value is -2.23. The first-order chi connectivity index (χ1) is 11.0. The maximum Gasteiger partial charge on any atom is 0.394 e. The zero-order valence-corrected chi connectivity index (χ0v) is 11.4. The maximum atomic E-state index is 12.8. The normalized spacial score (nSPS) is 30.8. The van der Waals surface area contributed by atoms with E-state index in [-0.39, 0.29) is 30.5 Å². The van der Waals surface area contributed by atoms with Crippen molar-refractivity contribution in [2.24, 2.45) is 5.41 Å². The second-order valence-electron chi connectivity index (χ2n) is 5.96. The van der Waals surface area contributed by atoms with E-state index in [0.29, 0.717) is 0 Å². The van der Waals surface area contributed by atoms with Crippen LogP contribution in [0.1, 0.15) is 27.6 Å².